The molecular formula is C26H26N2O3. The van der Waals surface area contributed by atoms with Crippen LogP contribution >= 0.6 is 0 Å². The summed E-state index contributed by atoms with van der Waals surface area (Å²) in [6, 6.07) is 23.5. The molecule has 2 amide bonds. The van der Waals surface area contributed by atoms with Gasteiger partial charge in [-0.25, -0.2) is 0 Å². The van der Waals surface area contributed by atoms with Gasteiger partial charge in [-0.05, 0) is 60.2 Å². The molecular weight excluding hydrogens is 388 g/mol. The molecule has 0 radical (unpaired) electrons. The first kappa shape index (κ1) is 20.7. The minimum Gasteiger partial charge on any atom is -0.492 e. The third-order valence-corrected chi connectivity index (χ3v) is 5.45. The Morgan fingerprint density at radius 1 is 0.871 bits per heavy atom. The predicted molar refractivity (Wildman–Crippen MR) is 120 cm³/mol. The zero-order valence-corrected chi connectivity index (χ0v) is 17.3. The van der Waals surface area contributed by atoms with E-state index in [9.17, 15) is 9.59 Å². The summed E-state index contributed by atoms with van der Waals surface area (Å²) in [5.74, 6) is 0.263. The minimum atomic E-state index is -0.783. The molecule has 1 unspecified atom stereocenters. The summed E-state index contributed by atoms with van der Waals surface area (Å²) in [7, 11) is 0. The molecule has 0 aromatic heterocycles. The van der Waals surface area contributed by atoms with Crippen molar-refractivity contribution in [3.05, 3.63) is 101 Å². The largest absolute Gasteiger partial charge is 0.492 e. The van der Waals surface area contributed by atoms with Crippen LogP contribution in [-0.2, 0) is 17.6 Å². The summed E-state index contributed by atoms with van der Waals surface area (Å²) in [6.07, 6.45) is 3.44. The number of benzene rings is 3. The average Bonchev–Trinajstić information content (AvgIpc) is 3.29. The lowest BCUT2D eigenvalue weighted by Crippen LogP contribution is -2.41. The van der Waals surface area contributed by atoms with Gasteiger partial charge in [-0.3, -0.25) is 9.59 Å². The smallest absolute Gasteiger partial charge is 0.252 e. The Labute approximate surface area is 182 Å². The van der Waals surface area contributed by atoms with E-state index in [0.29, 0.717) is 18.7 Å². The Bertz CT molecular complexity index is 1040. The maximum absolute atomic E-state index is 12.9. The van der Waals surface area contributed by atoms with Crippen molar-refractivity contribution in [1.82, 2.24) is 10.6 Å². The van der Waals surface area contributed by atoms with Gasteiger partial charge in [-0.15, -0.1) is 0 Å². The van der Waals surface area contributed by atoms with Gasteiger partial charge in [-0.1, -0.05) is 54.6 Å². The van der Waals surface area contributed by atoms with Crippen LogP contribution in [0.5, 0.6) is 5.75 Å². The molecule has 0 saturated carbocycles. The van der Waals surface area contributed by atoms with Gasteiger partial charge in [0.2, 0.25) is 5.91 Å². The van der Waals surface area contributed by atoms with Crippen LogP contribution in [0.1, 0.15) is 39.5 Å². The highest BCUT2D eigenvalue weighted by Crippen LogP contribution is 2.25. The number of aryl methyl sites for hydroxylation is 2. The first-order valence-corrected chi connectivity index (χ1v) is 10.6. The summed E-state index contributed by atoms with van der Waals surface area (Å²) in [4.78, 5) is 25.5. The molecule has 31 heavy (non-hydrogen) atoms. The number of carbonyl (C=O) groups is 2. The van der Waals surface area contributed by atoms with Gasteiger partial charge in [0.05, 0.1) is 6.54 Å². The fraction of sp³-hybridized carbons (Fsp3) is 0.231. The normalized spacial score (nSPS) is 13.2. The van der Waals surface area contributed by atoms with Gasteiger partial charge in [0, 0.05) is 5.56 Å². The topological polar surface area (TPSA) is 67.4 Å². The minimum absolute atomic E-state index is 0.270. The summed E-state index contributed by atoms with van der Waals surface area (Å²) >= 11 is 0. The van der Waals surface area contributed by atoms with E-state index in [2.05, 4.69) is 22.8 Å². The standard InChI is InChI=1S/C26H26N2O3/c29-25(21-10-5-2-6-11-21)28-24(20-8-3-1-4-9-20)26(30)27-16-17-31-23-15-14-19-12-7-13-22(19)18-23/h1-6,8-11,14-15,18,24H,7,12-13,16-17H2,(H,27,30)(H,28,29). The van der Waals surface area contributed by atoms with Gasteiger partial charge >= 0.3 is 0 Å². The first-order chi connectivity index (χ1) is 15.2. The average molecular weight is 415 g/mol. The molecule has 4 rings (SSSR count). The number of fused-ring (bicyclic) bond motifs is 1. The number of amides is 2. The van der Waals surface area contributed by atoms with Crippen molar-refractivity contribution >= 4 is 11.8 Å². The monoisotopic (exact) mass is 414 g/mol. The van der Waals surface area contributed by atoms with Crippen LogP contribution in [-0.4, -0.2) is 25.0 Å². The SMILES string of the molecule is O=C(NC(C(=O)NCCOc1ccc2c(c1)CCC2)c1ccccc1)c1ccccc1. The fourth-order valence-electron chi connectivity index (χ4n) is 3.83. The molecule has 3 aromatic rings. The maximum atomic E-state index is 12.9. The molecule has 0 spiro atoms. The van der Waals surface area contributed by atoms with Crippen LogP contribution in [0.3, 0.4) is 0 Å². The van der Waals surface area contributed by atoms with Crippen LogP contribution in [0, 0.1) is 0 Å². The number of nitrogens with one attached hydrogen (secondary N) is 2. The third-order valence-electron chi connectivity index (χ3n) is 5.45. The quantitative estimate of drug-likeness (QED) is 0.551. The number of ether oxygens (including phenoxy) is 1. The summed E-state index contributed by atoms with van der Waals surface area (Å²) < 4.78 is 5.82. The molecule has 2 N–H and O–H groups in total. The molecule has 0 bridgehead atoms. The van der Waals surface area contributed by atoms with Crippen molar-refractivity contribution in [2.24, 2.45) is 0 Å². The highest BCUT2D eigenvalue weighted by atomic mass is 16.5. The van der Waals surface area contributed by atoms with Crippen molar-refractivity contribution in [3.8, 4) is 5.75 Å². The van der Waals surface area contributed by atoms with E-state index in [1.165, 1.54) is 17.5 Å². The van der Waals surface area contributed by atoms with Crippen molar-refractivity contribution in [2.75, 3.05) is 13.2 Å². The summed E-state index contributed by atoms with van der Waals surface area (Å²) in [5.41, 5.74) is 4.00. The highest BCUT2D eigenvalue weighted by Gasteiger charge is 2.23. The Balaban J connectivity index is 1.35. The summed E-state index contributed by atoms with van der Waals surface area (Å²) in [5, 5.41) is 5.73. The fourth-order valence-corrected chi connectivity index (χ4v) is 3.83. The van der Waals surface area contributed by atoms with E-state index in [1.807, 2.05) is 42.5 Å². The van der Waals surface area contributed by atoms with E-state index >= 15 is 0 Å². The molecule has 0 aliphatic heterocycles. The second-order valence-electron chi connectivity index (χ2n) is 7.61. The number of rotatable bonds is 8. The van der Waals surface area contributed by atoms with E-state index in [0.717, 1.165) is 24.2 Å². The molecule has 5 nitrogen and oxygen atoms in total. The number of carbonyl (C=O) groups excluding carboxylic acids is 2. The van der Waals surface area contributed by atoms with E-state index in [1.54, 1.807) is 24.3 Å². The van der Waals surface area contributed by atoms with E-state index in [-0.39, 0.29) is 11.8 Å². The van der Waals surface area contributed by atoms with Gasteiger partial charge < -0.3 is 15.4 Å². The van der Waals surface area contributed by atoms with Gasteiger partial charge in [0.25, 0.3) is 5.91 Å². The van der Waals surface area contributed by atoms with Gasteiger partial charge in [0.15, 0.2) is 0 Å². The molecule has 1 aliphatic carbocycles. The van der Waals surface area contributed by atoms with Gasteiger partial charge in [-0.2, -0.15) is 0 Å². The van der Waals surface area contributed by atoms with Gasteiger partial charge in [0.1, 0.15) is 18.4 Å². The van der Waals surface area contributed by atoms with Crippen LogP contribution in [0.4, 0.5) is 0 Å². The molecule has 3 aromatic carbocycles. The van der Waals surface area contributed by atoms with E-state index < -0.39 is 6.04 Å². The van der Waals surface area contributed by atoms with Crippen LogP contribution in [0.15, 0.2) is 78.9 Å². The predicted octanol–water partition coefficient (Wildman–Crippen LogP) is 3.84. The molecule has 5 heteroatoms. The first-order valence-electron chi connectivity index (χ1n) is 10.6. The van der Waals surface area contributed by atoms with Crippen LogP contribution in [0.25, 0.3) is 0 Å². The molecule has 0 saturated heterocycles. The zero-order valence-electron chi connectivity index (χ0n) is 17.3. The second kappa shape index (κ2) is 9.94. The Hall–Kier alpha value is -3.60. The lowest BCUT2D eigenvalue weighted by Gasteiger charge is -2.19. The molecule has 158 valence electrons. The van der Waals surface area contributed by atoms with Crippen LogP contribution in [0.2, 0.25) is 0 Å². The molecule has 1 aliphatic rings. The number of hydrogen-bond donors (Lipinski definition) is 2. The number of hydrogen-bond acceptors (Lipinski definition) is 3. The van der Waals surface area contributed by atoms with Crippen molar-refractivity contribution in [3.63, 3.8) is 0 Å². The lowest BCUT2D eigenvalue weighted by atomic mass is 10.1. The second-order valence-corrected chi connectivity index (χ2v) is 7.61. The third kappa shape index (κ3) is 5.31. The molecule has 0 heterocycles. The van der Waals surface area contributed by atoms with Crippen molar-refractivity contribution < 1.29 is 14.3 Å². The Morgan fingerprint density at radius 3 is 2.35 bits per heavy atom. The zero-order chi connectivity index (χ0) is 21.5. The Morgan fingerprint density at radius 2 is 1.58 bits per heavy atom. The molecule has 0 fully saturated rings. The maximum Gasteiger partial charge on any atom is 0.252 e. The summed E-state index contributed by atoms with van der Waals surface area (Å²) in [6.45, 7) is 0.707. The lowest BCUT2D eigenvalue weighted by molar-refractivity contribution is -0.123. The van der Waals surface area contributed by atoms with Crippen molar-refractivity contribution in [2.45, 2.75) is 25.3 Å². The highest BCUT2D eigenvalue weighted by molar-refractivity contribution is 5.97. The van der Waals surface area contributed by atoms with Crippen molar-refractivity contribution in [1.29, 1.82) is 0 Å². The van der Waals surface area contributed by atoms with Crippen LogP contribution < -0.4 is 15.4 Å². The molecule has 1 atom stereocenters. The van der Waals surface area contributed by atoms with E-state index in [4.69, 9.17) is 4.74 Å². The Kier molecular flexibility index (Phi) is 6.62.